The van der Waals surface area contributed by atoms with Gasteiger partial charge in [-0.05, 0) is 38.8 Å². The van der Waals surface area contributed by atoms with Crippen molar-refractivity contribution in [1.82, 2.24) is 4.98 Å². The van der Waals surface area contributed by atoms with E-state index in [1.165, 1.54) is 0 Å². The van der Waals surface area contributed by atoms with Gasteiger partial charge < -0.3 is 10.6 Å². The van der Waals surface area contributed by atoms with Crippen LogP contribution in [0.1, 0.15) is 38.3 Å². The number of nitrogens with two attached hydrogens (primary N) is 1. The van der Waals surface area contributed by atoms with Crippen LogP contribution in [0.25, 0.3) is 0 Å². The molecule has 0 unspecified atom stereocenters. The van der Waals surface area contributed by atoms with Gasteiger partial charge in [0, 0.05) is 18.8 Å². The molecule has 3 N–H and O–H groups in total. The first-order valence-corrected chi connectivity index (χ1v) is 5.85. The summed E-state index contributed by atoms with van der Waals surface area (Å²) in [5.74, 6) is 0.855. The number of anilines is 1. The molecule has 0 saturated heterocycles. The van der Waals surface area contributed by atoms with E-state index in [1.807, 2.05) is 20.0 Å². The van der Waals surface area contributed by atoms with Gasteiger partial charge in [0.25, 0.3) is 0 Å². The predicted molar refractivity (Wildman–Crippen MR) is 72.8 cm³/mol. The summed E-state index contributed by atoms with van der Waals surface area (Å²) in [6.07, 6.45) is 2.76. The first-order valence-electron chi connectivity index (χ1n) is 5.85. The normalized spacial score (nSPS) is 11.4. The maximum Gasteiger partial charge on any atom is 0.139 e. The number of amidine groups is 1. The summed E-state index contributed by atoms with van der Waals surface area (Å²) in [6.45, 7) is 8.40. The maximum absolute atomic E-state index is 7.68. The first kappa shape index (κ1) is 13.5. The third-order valence-corrected chi connectivity index (χ3v) is 3.50. The minimum atomic E-state index is -0.00894. The van der Waals surface area contributed by atoms with Gasteiger partial charge in [-0.3, -0.25) is 5.41 Å². The Kier molecular flexibility index (Phi) is 3.76. The minimum absolute atomic E-state index is 0.00894. The molecule has 0 atom stereocenters. The third-order valence-electron chi connectivity index (χ3n) is 3.50. The Hall–Kier alpha value is -1.58. The van der Waals surface area contributed by atoms with Gasteiger partial charge in [0.1, 0.15) is 11.7 Å². The first-order chi connectivity index (χ1) is 7.81. The number of nitrogens with one attached hydrogen (secondary N) is 1. The van der Waals surface area contributed by atoms with Crippen molar-refractivity contribution in [2.24, 2.45) is 5.73 Å². The SMILES string of the molecule is CCC(C)(C)N(C)c1nccc(C)c1C(=N)N. The summed E-state index contributed by atoms with van der Waals surface area (Å²) >= 11 is 0. The molecule has 0 aliphatic carbocycles. The molecule has 0 bridgehead atoms. The van der Waals surface area contributed by atoms with Crippen LogP contribution in [0.2, 0.25) is 0 Å². The van der Waals surface area contributed by atoms with Crippen LogP contribution in [0.15, 0.2) is 12.3 Å². The largest absolute Gasteiger partial charge is 0.384 e. The van der Waals surface area contributed by atoms with Gasteiger partial charge in [0.15, 0.2) is 0 Å². The summed E-state index contributed by atoms with van der Waals surface area (Å²) in [5, 5.41) is 7.68. The molecule has 17 heavy (non-hydrogen) atoms. The van der Waals surface area contributed by atoms with Gasteiger partial charge in [-0.1, -0.05) is 6.92 Å². The summed E-state index contributed by atoms with van der Waals surface area (Å²) in [7, 11) is 2.00. The van der Waals surface area contributed by atoms with Crippen molar-refractivity contribution in [2.45, 2.75) is 39.7 Å². The van der Waals surface area contributed by atoms with Crippen LogP contribution in [-0.4, -0.2) is 23.4 Å². The molecule has 0 saturated carbocycles. The second kappa shape index (κ2) is 4.73. The van der Waals surface area contributed by atoms with E-state index in [9.17, 15) is 0 Å². The second-order valence-corrected chi connectivity index (χ2v) is 4.97. The van der Waals surface area contributed by atoms with Crippen molar-refractivity contribution in [3.63, 3.8) is 0 Å². The van der Waals surface area contributed by atoms with E-state index in [-0.39, 0.29) is 11.4 Å². The number of nitrogens with zero attached hydrogens (tertiary/aromatic N) is 2. The van der Waals surface area contributed by atoms with Crippen molar-refractivity contribution in [3.05, 3.63) is 23.4 Å². The molecule has 4 nitrogen and oxygen atoms in total. The molecule has 0 radical (unpaired) electrons. The van der Waals surface area contributed by atoms with E-state index in [0.717, 1.165) is 23.4 Å². The van der Waals surface area contributed by atoms with E-state index < -0.39 is 0 Å². The molecule has 0 aliphatic rings. The Morgan fingerprint density at radius 3 is 2.59 bits per heavy atom. The van der Waals surface area contributed by atoms with Crippen LogP contribution >= 0.6 is 0 Å². The van der Waals surface area contributed by atoms with E-state index in [4.69, 9.17) is 11.1 Å². The highest BCUT2D eigenvalue weighted by Crippen LogP contribution is 2.27. The van der Waals surface area contributed by atoms with Gasteiger partial charge in [0.05, 0.1) is 5.56 Å². The monoisotopic (exact) mass is 234 g/mol. The summed E-state index contributed by atoms with van der Waals surface area (Å²) in [4.78, 5) is 6.47. The Labute approximate surface area is 103 Å². The molecule has 4 heteroatoms. The molecular formula is C13H22N4. The lowest BCUT2D eigenvalue weighted by Gasteiger charge is -2.37. The topological polar surface area (TPSA) is 66.0 Å². The van der Waals surface area contributed by atoms with Gasteiger partial charge in [0.2, 0.25) is 0 Å². The Morgan fingerprint density at radius 1 is 1.53 bits per heavy atom. The van der Waals surface area contributed by atoms with Crippen molar-refractivity contribution in [1.29, 1.82) is 5.41 Å². The average molecular weight is 234 g/mol. The van der Waals surface area contributed by atoms with Gasteiger partial charge in [-0.2, -0.15) is 0 Å². The van der Waals surface area contributed by atoms with Crippen molar-refractivity contribution in [2.75, 3.05) is 11.9 Å². The third kappa shape index (κ3) is 2.57. The fourth-order valence-corrected chi connectivity index (χ4v) is 1.65. The molecule has 1 heterocycles. The molecule has 1 aromatic heterocycles. The number of hydrogen-bond acceptors (Lipinski definition) is 3. The Morgan fingerprint density at radius 2 is 2.12 bits per heavy atom. The molecule has 1 aromatic rings. The molecule has 94 valence electrons. The zero-order valence-corrected chi connectivity index (χ0v) is 11.3. The minimum Gasteiger partial charge on any atom is -0.384 e. The lowest BCUT2D eigenvalue weighted by Crippen LogP contribution is -2.42. The second-order valence-electron chi connectivity index (χ2n) is 4.97. The zero-order valence-electron chi connectivity index (χ0n) is 11.3. The summed E-state index contributed by atoms with van der Waals surface area (Å²) in [6, 6.07) is 1.88. The standard InChI is InChI=1S/C13H22N4/c1-6-13(3,4)17(5)12-10(11(14)15)9(2)7-8-16-12/h7-8H,6H2,1-5H3,(H3,14,15). The van der Waals surface area contributed by atoms with Crippen molar-refractivity contribution < 1.29 is 0 Å². The lowest BCUT2D eigenvalue weighted by atomic mass is 9.98. The zero-order chi connectivity index (χ0) is 13.2. The fraction of sp³-hybridized carbons (Fsp3) is 0.538. The molecule has 0 aromatic carbocycles. The van der Waals surface area contributed by atoms with E-state index >= 15 is 0 Å². The molecule has 0 amide bonds. The van der Waals surface area contributed by atoms with Gasteiger partial charge >= 0.3 is 0 Å². The van der Waals surface area contributed by atoms with Gasteiger partial charge in [-0.15, -0.1) is 0 Å². The molecule has 0 spiro atoms. The molecule has 0 fully saturated rings. The molecule has 0 aliphatic heterocycles. The highest BCUT2D eigenvalue weighted by molar-refractivity contribution is 6.01. The van der Waals surface area contributed by atoms with Crippen LogP contribution in [0.3, 0.4) is 0 Å². The highest BCUT2D eigenvalue weighted by Gasteiger charge is 2.25. The fourth-order valence-electron chi connectivity index (χ4n) is 1.65. The van der Waals surface area contributed by atoms with Crippen LogP contribution in [0.4, 0.5) is 5.82 Å². The smallest absolute Gasteiger partial charge is 0.139 e. The Balaban J connectivity index is 3.32. The van der Waals surface area contributed by atoms with Crippen LogP contribution in [-0.2, 0) is 0 Å². The number of pyridine rings is 1. The summed E-state index contributed by atoms with van der Waals surface area (Å²) < 4.78 is 0. The number of aromatic nitrogens is 1. The summed E-state index contributed by atoms with van der Waals surface area (Å²) in [5.41, 5.74) is 7.37. The Bertz CT molecular complexity index is 423. The van der Waals surface area contributed by atoms with Crippen LogP contribution < -0.4 is 10.6 Å². The average Bonchev–Trinajstić information content (AvgIpc) is 2.27. The van der Waals surface area contributed by atoms with Crippen LogP contribution in [0.5, 0.6) is 0 Å². The van der Waals surface area contributed by atoms with Crippen molar-refractivity contribution in [3.8, 4) is 0 Å². The van der Waals surface area contributed by atoms with Crippen molar-refractivity contribution >= 4 is 11.7 Å². The number of hydrogen-bond donors (Lipinski definition) is 2. The number of nitrogen functional groups attached to an aromatic ring is 1. The van der Waals surface area contributed by atoms with E-state index in [1.54, 1.807) is 6.20 Å². The van der Waals surface area contributed by atoms with Gasteiger partial charge in [-0.25, -0.2) is 4.98 Å². The highest BCUT2D eigenvalue weighted by atomic mass is 15.2. The van der Waals surface area contributed by atoms with E-state index in [0.29, 0.717) is 0 Å². The lowest BCUT2D eigenvalue weighted by molar-refractivity contribution is 0.467. The van der Waals surface area contributed by atoms with Crippen LogP contribution in [0, 0.1) is 12.3 Å². The quantitative estimate of drug-likeness (QED) is 0.620. The number of aryl methyl sites for hydroxylation is 1. The predicted octanol–water partition coefficient (Wildman–Crippen LogP) is 2.30. The molecule has 1 rings (SSSR count). The number of rotatable bonds is 4. The maximum atomic E-state index is 7.68. The van der Waals surface area contributed by atoms with E-state index in [2.05, 4.69) is 30.7 Å². The molecular weight excluding hydrogens is 212 g/mol.